The highest BCUT2D eigenvalue weighted by Gasteiger charge is 2.13. The Labute approximate surface area is 124 Å². The molecule has 0 bridgehead atoms. The summed E-state index contributed by atoms with van der Waals surface area (Å²) in [5, 5.41) is 10.7. The fraction of sp³-hybridized carbons (Fsp3) is 0. The molecule has 6 nitrogen and oxygen atoms in total. The zero-order chi connectivity index (χ0) is 13.1. The maximum atomic E-state index is 10.7. The minimum atomic E-state index is -0.482. The standard InChI is InChI=1S/C10H5BrIN3O3/c11-7-2-1-6(15(16)17)3-9(7)18-10-8(12)4-13-5-14-10/h1-5H. The van der Waals surface area contributed by atoms with E-state index in [4.69, 9.17) is 4.74 Å². The van der Waals surface area contributed by atoms with Gasteiger partial charge in [-0.3, -0.25) is 10.1 Å². The van der Waals surface area contributed by atoms with Gasteiger partial charge < -0.3 is 4.74 Å². The van der Waals surface area contributed by atoms with E-state index in [-0.39, 0.29) is 5.69 Å². The fourth-order valence-corrected chi connectivity index (χ4v) is 1.90. The molecule has 0 radical (unpaired) electrons. The molecular formula is C10H5BrIN3O3. The Balaban J connectivity index is 2.37. The van der Waals surface area contributed by atoms with Crippen LogP contribution in [0.25, 0.3) is 0 Å². The number of hydrogen-bond acceptors (Lipinski definition) is 5. The molecule has 0 saturated heterocycles. The predicted octanol–water partition coefficient (Wildman–Crippen LogP) is 3.54. The van der Waals surface area contributed by atoms with E-state index in [2.05, 4.69) is 25.9 Å². The number of nitrogens with zero attached hydrogens (tertiary/aromatic N) is 3. The first-order valence-electron chi connectivity index (χ1n) is 4.65. The lowest BCUT2D eigenvalue weighted by molar-refractivity contribution is -0.384. The Morgan fingerprint density at radius 2 is 2.22 bits per heavy atom. The summed E-state index contributed by atoms with van der Waals surface area (Å²) in [6, 6.07) is 4.28. The number of benzene rings is 1. The molecular weight excluding hydrogens is 417 g/mol. The van der Waals surface area contributed by atoms with E-state index in [1.165, 1.54) is 18.5 Å². The number of non-ortho nitro benzene ring substituents is 1. The Kier molecular flexibility index (Phi) is 4.07. The van der Waals surface area contributed by atoms with Crippen LogP contribution in [0.2, 0.25) is 0 Å². The molecule has 0 N–H and O–H groups in total. The first kappa shape index (κ1) is 13.1. The van der Waals surface area contributed by atoms with Crippen LogP contribution in [-0.4, -0.2) is 14.9 Å². The van der Waals surface area contributed by atoms with E-state index in [1.807, 2.05) is 22.6 Å². The van der Waals surface area contributed by atoms with Gasteiger partial charge in [0.2, 0.25) is 5.88 Å². The number of ether oxygens (including phenoxy) is 1. The van der Waals surface area contributed by atoms with Crippen LogP contribution >= 0.6 is 38.5 Å². The van der Waals surface area contributed by atoms with Crippen LogP contribution in [-0.2, 0) is 0 Å². The molecule has 0 aliphatic carbocycles. The van der Waals surface area contributed by atoms with Gasteiger partial charge in [0, 0.05) is 12.3 Å². The van der Waals surface area contributed by atoms with Crippen molar-refractivity contribution in [1.82, 2.24) is 9.97 Å². The van der Waals surface area contributed by atoms with Crippen LogP contribution < -0.4 is 4.74 Å². The largest absolute Gasteiger partial charge is 0.436 e. The molecule has 1 heterocycles. The minimum absolute atomic E-state index is 0.0442. The highest BCUT2D eigenvalue weighted by molar-refractivity contribution is 14.1. The maximum absolute atomic E-state index is 10.7. The minimum Gasteiger partial charge on any atom is -0.436 e. The lowest BCUT2D eigenvalue weighted by atomic mass is 10.3. The van der Waals surface area contributed by atoms with Crippen molar-refractivity contribution >= 4 is 44.2 Å². The van der Waals surface area contributed by atoms with Crippen LogP contribution in [0.3, 0.4) is 0 Å². The van der Waals surface area contributed by atoms with E-state index in [0.29, 0.717) is 19.7 Å². The van der Waals surface area contributed by atoms with Crippen LogP contribution in [0.1, 0.15) is 0 Å². The first-order valence-corrected chi connectivity index (χ1v) is 6.52. The van der Waals surface area contributed by atoms with Crippen molar-refractivity contribution in [3.8, 4) is 11.6 Å². The molecule has 0 amide bonds. The molecule has 2 aromatic rings. The molecule has 0 aliphatic rings. The molecule has 0 fully saturated rings. The molecule has 0 spiro atoms. The summed E-state index contributed by atoms with van der Waals surface area (Å²) in [6.45, 7) is 0. The summed E-state index contributed by atoms with van der Waals surface area (Å²) >= 11 is 5.29. The molecule has 0 unspecified atom stereocenters. The van der Waals surface area contributed by atoms with Gasteiger partial charge in [0.1, 0.15) is 6.33 Å². The molecule has 92 valence electrons. The quantitative estimate of drug-likeness (QED) is 0.430. The monoisotopic (exact) mass is 421 g/mol. The predicted molar refractivity (Wildman–Crippen MR) is 75.6 cm³/mol. The van der Waals surface area contributed by atoms with Gasteiger partial charge >= 0.3 is 0 Å². The van der Waals surface area contributed by atoms with Gasteiger partial charge in [0.05, 0.1) is 19.0 Å². The summed E-state index contributed by atoms with van der Waals surface area (Å²) in [5.41, 5.74) is -0.0442. The normalized spacial score (nSPS) is 10.1. The Hall–Kier alpha value is -1.29. The van der Waals surface area contributed by atoms with Gasteiger partial charge in [0.15, 0.2) is 5.75 Å². The molecule has 0 atom stereocenters. The number of nitro groups is 1. The number of nitro benzene ring substituents is 1. The van der Waals surface area contributed by atoms with Gasteiger partial charge in [-0.05, 0) is 44.6 Å². The van der Waals surface area contributed by atoms with Crippen LogP contribution in [0.4, 0.5) is 5.69 Å². The number of halogens is 2. The molecule has 18 heavy (non-hydrogen) atoms. The SMILES string of the molecule is O=[N+]([O-])c1ccc(Br)c(Oc2ncncc2I)c1. The third-order valence-corrected chi connectivity index (χ3v) is 3.36. The van der Waals surface area contributed by atoms with E-state index in [0.717, 1.165) is 0 Å². The van der Waals surface area contributed by atoms with Crippen molar-refractivity contribution in [3.05, 3.63) is 48.9 Å². The smallest absolute Gasteiger partial charge is 0.273 e. The van der Waals surface area contributed by atoms with Crippen molar-refractivity contribution in [2.75, 3.05) is 0 Å². The average Bonchev–Trinajstić information content (AvgIpc) is 2.34. The molecule has 0 aliphatic heterocycles. The Morgan fingerprint density at radius 3 is 2.89 bits per heavy atom. The first-order chi connectivity index (χ1) is 8.58. The maximum Gasteiger partial charge on any atom is 0.273 e. The molecule has 0 saturated carbocycles. The number of hydrogen-bond donors (Lipinski definition) is 0. The number of rotatable bonds is 3. The fourth-order valence-electron chi connectivity index (χ4n) is 1.16. The van der Waals surface area contributed by atoms with Gasteiger partial charge in [-0.15, -0.1) is 0 Å². The van der Waals surface area contributed by atoms with Crippen molar-refractivity contribution in [1.29, 1.82) is 0 Å². The second kappa shape index (κ2) is 5.57. The molecule has 2 rings (SSSR count). The van der Waals surface area contributed by atoms with E-state index < -0.39 is 4.92 Å². The number of aromatic nitrogens is 2. The second-order valence-corrected chi connectivity index (χ2v) is 5.17. The Bertz CT molecular complexity index is 609. The van der Waals surface area contributed by atoms with Crippen LogP contribution in [0.15, 0.2) is 35.2 Å². The summed E-state index contributed by atoms with van der Waals surface area (Å²) in [5.74, 6) is 0.688. The molecule has 1 aromatic heterocycles. The van der Waals surface area contributed by atoms with E-state index in [1.54, 1.807) is 12.3 Å². The van der Waals surface area contributed by atoms with Crippen molar-refractivity contribution < 1.29 is 9.66 Å². The molecule has 1 aromatic carbocycles. The lowest BCUT2D eigenvalue weighted by Crippen LogP contribution is -1.94. The van der Waals surface area contributed by atoms with Gasteiger partial charge in [0.25, 0.3) is 5.69 Å². The average molecular weight is 422 g/mol. The zero-order valence-corrected chi connectivity index (χ0v) is 12.5. The van der Waals surface area contributed by atoms with Crippen LogP contribution in [0, 0.1) is 13.7 Å². The second-order valence-electron chi connectivity index (χ2n) is 3.15. The highest BCUT2D eigenvalue weighted by Crippen LogP contribution is 2.33. The molecule has 8 heteroatoms. The summed E-state index contributed by atoms with van der Waals surface area (Å²) in [4.78, 5) is 18.0. The lowest BCUT2D eigenvalue weighted by Gasteiger charge is -2.07. The Morgan fingerprint density at radius 1 is 1.44 bits per heavy atom. The summed E-state index contributed by atoms with van der Waals surface area (Å²) in [6.07, 6.45) is 2.94. The van der Waals surface area contributed by atoms with Gasteiger partial charge in [-0.1, -0.05) is 0 Å². The zero-order valence-electron chi connectivity index (χ0n) is 8.71. The highest BCUT2D eigenvalue weighted by atomic mass is 127. The van der Waals surface area contributed by atoms with Gasteiger partial charge in [-0.25, -0.2) is 9.97 Å². The van der Waals surface area contributed by atoms with E-state index in [9.17, 15) is 10.1 Å². The van der Waals surface area contributed by atoms with E-state index >= 15 is 0 Å². The summed E-state index contributed by atoms with van der Waals surface area (Å²) < 4.78 is 6.85. The van der Waals surface area contributed by atoms with Crippen molar-refractivity contribution in [2.45, 2.75) is 0 Å². The van der Waals surface area contributed by atoms with Crippen molar-refractivity contribution in [3.63, 3.8) is 0 Å². The topological polar surface area (TPSA) is 78.2 Å². The van der Waals surface area contributed by atoms with Crippen molar-refractivity contribution in [2.24, 2.45) is 0 Å². The van der Waals surface area contributed by atoms with Gasteiger partial charge in [-0.2, -0.15) is 0 Å². The summed E-state index contributed by atoms with van der Waals surface area (Å²) in [7, 11) is 0. The van der Waals surface area contributed by atoms with Crippen LogP contribution in [0.5, 0.6) is 11.6 Å². The third-order valence-electron chi connectivity index (χ3n) is 1.97. The third kappa shape index (κ3) is 2.93.